The molecule has 4 fully saturated rings. The Bertz CT molecular complexity index is 593. The van der Waals surface area contributed by atoms with Crippen molar-refractivity contribution in [3.8, 4) is 0 Å². The minimum absolute atomic E-state index is 0.116. The van der Waals surface area contributed by atoms with Crippen LogP contribution in [0.15, 0.2) is 0 Å². The van der Waals surface area contributed by atoms with Crippen molar-refractivity contribution in [2.45, 2.75) is 104 Å². The summed E-state index contributed by atoms with van der Waals surface area (Å²) in [5, 5.41) is 10.8. The predicted molar refractivity (Wildman–Crippen MR) is 107 cm³/mol. The Balaban J connectivity index is 1.54. The summed E-state index contributed by atoms with van der Waals surface area (Å²) in [6.45, 7) is 10.7. The van der Waals surface area contributed by atoms with Gasteiger partial charge in [0.1, 0.15) is 6.10 Å². The number of carbonyl (C=O) groups is 1. The summed E-state index contributed by atoms with van der Waals surface area (Å²) in [6, 6.07) is 0. The van der Waals surface area contributed by atoms with Gasteiger partial charge in [-0.05, 0) is 112 Å². The van der Waals surface area contributed by atoms with Crippen LogP contribution in [0.3, 0.4) is 0 Å². The standard InChI is InChI=1S/C24H40O3/c1-15(25)27-17-10-12-23(4)16(14-17)6-7-18-19-8-9-21(22(2,3)26)24(19,5)13-11-20(18)23/h16-21,26H,6-14H2,1-5H3/t16-,17?,18?,19?,20?,21?,23?,24?/m0/s1. The lowest BCUT2D eigenvalue weighted by Crippen LogP contribution is -2.55. The van der Waals surface area contributed by atoms with Gasteiger partial charge in [-0.15, -0.1) is 0 Å². The Morgan fingerprint density at radius 2 is 1.63 bits per heavy atom. The molecule has 27 heavy (non-hydrogen) atoms. The molecule has 0 aromatic heterocycles. The number of hydrogen-bond acceptors (Lipinski definition) is 3. The van der Waals surface area contributed by atoms with E-state index in [0.29, 0.717) is 22.7 Å². The lowest BCUT2D eigenvalue weighted by atomic mass is 9.44. The highest BCUT2D eigenvalue weighted by Crippen LogP contribution is 2.68. The Morgan fingerprint density at radius 1 is 0.963 bits per heavy atom. The van der Waals surface area contributed by atoms with E-state index in [0.717, 1.165) is 30.6 Å². The van der Waals surface area contributed by atoms with Crippen molar-refractivity contribution >= 4 is 5.97 Å². The number of hydrogen-bond donors (Lipinski definition) is 1. The fourth-order valence-electron chi connectivity index (χ4n) is 8.72. The van der Waals surface area contributed by atoms with Crippen molar-refractivity contribution in [2.75, 3.05) is 0 Å². The van der Waals surface area contributed by atoms with E-state index < -0.39 is 5.60 Å². The quantitative estimate of drug-likeness (QED) is 0.661. The van der Waals surface area contributed by atoms with Gasteiger partial charge >= 0.3 is 5.97 Å². The molecule has 4 rings (SSSR count). The topological polar surface area (TPSA) is 46.5 Å². The van der Waals surface area contributed by atoms with Crippen molar-refractivity contribution in [1.29, 1.82) is 0 Å². The van der Waals surface area contributed by atoms with E-state index >= 15 is 0 Å². The molecule has 0 bridgehead atoms. The fourth-order valence-corrected chi connectivity index (χ4v) is 8.72. The molecule has 3 heteroatoms. The van der Waals surface area contributed by atoms with Crippen molar-refractivity contribution in [1.82, 2.24) is 0 Å². The van der Waals surface area contributed by atoms with Crippen LogP contribution in [0.25, 0.3) is 0 Å². The molecule has 4 saturated carbocycles. The van der Waals surface area contributed by atoms with E-state index in [1.165, 1.54) is 44.9 Å². The summed E-state index contributed by atoms with van der Waals surface area (Å²) in [7, 11) is 0. The van der Waals surface area contributed by atoms with Crippen molar-refractivity contribution in [2.24, 2.45) is 40.4 Å². The van der Waals surface area contributed by atoms with Crippen LogP contribution in [0.5, 0.6) is 0 Å². The lowest BCUT2D eigenvalue weighted by molar-refractivity contribution is -0.163. The molecule has 1 N–H and O–H groups in total. The average Bonchev–Trinajstić information content (AvgIpc) is 2.92. The summed E-state index contributed by atoms with van der Waals surface area (Å²) in [6.07, 6.45) is 11.3. The molecular formula is C24H40O3. The van der Waals surface area contributed by atoms with Gasteiger partial charge in [-0.3, -0.25) is 4.79 Å². The van der Waals surface area contributed by atoms with Gasteiger partial charge in [-0.25, -0.2) is 0 Å². The van der Waals surface area contributed by atoms with Gasteiger partial charge in [0.2, 0.25) is 0 Å². The first-order valence-electron chi connectivity index (χ1n) is 11.5. The van der Waals surface area contributed by atoms with Crippen LogP contribution >= 0.6 is 0 Å². The SMILES string of the molecule is CC(=O)OC1CCC2(C)C3CCC4(C)C(CCC4C(C)(C)O)C3CC[C@H]2C1. The molecule has 8 atom stereocenters. The predicted octanol–water partition coefficient (Wildman–Crippen LogP) is 5.35. The molecule has 0 radical (unpaired) electrons. The molecule has 154 valence electrons. The van der Waals surface area contributed by atoms with Gasteiger partial charge in [0.05, 0.1) is 5.60 Å². The maximum Gasteiger partial charge on any atom is 0.302 e. The summed E-state index contributed by atoms with van der Waals surface area (Å²) >= 11 is 0. The van der Waals surface area contributed by atoms with E-state index in [9.17, 15) is 9.90 Å². The monoisotopic (exact) mass is 376 g/mol. The molecule has 0 amide bonds. The van der Waals surface area contributed by atoms with Gasteiger partial charge in [0.15, 0.2) is 0 Å². The zero-order valence-corrected chi connectivity index (χ0v) is 18.1. The van der Waals surface area contributed by atoms with E-state index in [4.69, 9.17) is 4.74 Å². The summed E-state index contributed by atoms with van der Waals surface area (Å²) in [5.41, 5.74) is 0.185. The molecule has 3 nitrogen and oxygen atoms in total. The Morgan fingerprint density at radius 3 is 2.30 bits per heavy atom. The summed E-state index contributed by atoms with van der Waals surface area (Å²) in [5.74, 6) is 3.50. The first-order valence-corrected chi connectivity index (χ1v) is 11.5. The summed E-state index contributed by atoms with van der Waals surface area (Å²) in [4.78, 5) is 11.4. The zero-order valence-electron chi connectivity index (χ0n) is 18.1. The third kappa shape index (κ3) is 3.07. The Labute approximate surface area is 165 Å². The van der Waals surface area contributed by atoms with Crippen LogP contribution in [-0.4, -0.2) is 22.8 Å². The third-order valence-corrected chi connectivity index (χ3v) is 9.80. The maximum atomic E-state index is 11.4. The van der Waals surface area contributed by atoms with Crippen LogP contribution in [-0.2, 0) is 9.53 Å². The van der Waals surface area contributed by atoms with E-state index in [-0.39, 0.29) is 12.1 Å². The molecule has 7 unspecified atom stereocenters. The molecular weight excluding hydrogens is 336 g/mol. The highest BCUT2D eigenvalue weighted by atomic mass is 16.5. The van der Waals surface area contributed by atoms with Gasteiger partial charge < -0.3 is 9.84 Å². The van der Waals surface area contributed by atoms with Crippen LogP contribution in [0.4, 0.5) is 0 Å². The van der Waals surface area contributed by atoms with Crippen LogP contribution in [0.1, 0.15) is 92.4 Å². The number of ether oxygens (including phenoxy) is 1. The number of fused-ring (bicyclic) bond motifs is 5. The molecule has 0 aromatic carbocycles. The molecule has 0 spiro atoms. The van der Waals surface area contributed by atoms with E-state index in [1.54, 1.807) is 6.92 Å². The molecule has 4 aliphatic rings. The van der Waals surface area contributed by atoms with Crippen molar-refractivity contribution < 1.29 is 14.6 Å². The first kappa shape index (κ1) is 19.7. The largest absolute Gasteiger partial charge is 0.463 e. The average molecular weight is 377 g/mol. The molecule has 4 aliphatic carbocycles. The van der Waals surface area contributed by atoms with Crippen molar-refractivity contribution in [3.63, 3.8) is 0 Å². The lowest BCUT2D eigenvalue weighted by Gasteiger charge is -2.61. The second-order valence-electron chi connectivity index (χ2n) is 11.5. The van der Waals surface area contributed by atoms with Crippen molar-refractivity contribution in [3.05, 3.63) is 0 Å². The van der Waals surface area contributed by atoms with E-state index in [2.05, 4.69) is 13.8 Å². The van der Waals surface area contributed by atoms with Gasteiger partial charge in [-0.2, -0.15) is 0 Å². The number of carbonyl (C=O) groups excluding carboxylic acids is 1. The minimum atomic E-state index is -0.556. The van der Waals surface area contributed by atoms with Crippen LogP contribution < -0.4 is 0 Å². The molecule has 0 aliphatic heterocycles. The second-order valence-corrected chi connectivity index (χ2v) is 11.5. The number of aliphatic hydroxyl groups is 1. The van der Waals surface area contributed by atoms with E-state index in [1.807, 2.05) is 13.8 Å². The zero-order chi connectivity index (χ0) is 19.6. The summed E-state index contributed by atoms with van der Waals surface area (Å²) < 4.78 is 5.59. The Kier molecular flexibility index (Phi) is 4.73. The third-order valence-electron chi connectivity index (χ3n) is 9.80. The van der Waals surface area contributed by atoms with Crippen LogP contribution in [0.2, 0.25) is 0 Å². The second kappa shape index (κ2) is 6.47. The highest BCUT2D eigenvalue weighted by Gasteiger charge is 2.61. The Hall–Kier alpha value is -0.570. The van der Waals surface area contributed by atoms with Gasteiger partial charge in [0.25, 0.3) is 0 Å². The molecule has 0 heterocycles. The number of esters is 1. The van der Waals surface area contributed by atoms with Crippen LogP contribution in [0, 0.1) is 40.4 Å². The highest BCUT2D eigenvalue weighted by molar-refractivity contribution is 5.66. The smallest absolute Gasteiger partial charge is 0.302 e. The first-order chi connectivity index (χ1) is 12.6. The molecule has 0 aromatic rings. The molecule has 0 saturated heterocycles. The van der Waals surface area contributed by atoms with Gasteiger partial charge in [-0.1, -0.05) is 13.8 Å². The number of rotatable bonds is 2. The maximum absolute atomic E-state index is 11.4. The normalized spacial score (nSPS) is 49.7. The van der Waals surface area contributed by atoms with Gasteiger partial charge in [0, 0.05) is 6.92 Å². The minimum Gasteiger partial charge on any atom is -0.463 e. The fraction of sp³-hybridized carbons (Fsp3) is 0.958.